The summed E-state index contributed by atoms with van der Waals surface area (Å²) >= 11 is 1.28. The van der Waals surface area contributed by atoms with Crippen LogP contribution in [0.1, 0.15) is 28.8 Å². The first-order valence-corrected chi connectivity index (χ1v) is 11.4. The highest BCUT2D eigenvalue weighted by Crippen LogP contribution is 2.40. The second-order valence-corrected chi connectivity index (χ2v) is 8.82. The number of esters is 1. The molecule has 3 heterocycles. The number of rotatable bonds is 8. The monoisotopic (exact) mass is 486 g/mol. The minimum Gasteiger partial charge on any atom is -0.485 e. The first-order valence-electron chi connectivity index (χ1n) is 10.4. The zero-order valence-corrected chi connectivity index (χ0v) is 19.2. The molecule has 1 saturated heterocycles. The van der Waals surface area contributed by atoms with Gasteiger partial charge in [-0.25, -0.2) is 4.79 Å². The summed E-state index contributed by atoms with van der Waals surface area (Å²) in [5, 5.41) is 11.6. The van der Waals surface area contributed by atoms with E-state index in [-0.39, 0.29) is 30.4 Å². The number of para-hydroxylation sites is 1. The number of carboxylic acids is 1. The zero-order valence-electron chi connectivity index (χ0n) is 18.4. The minimum absolute atomic E-state index is 0.0139. The van der Waals surface area contributed by atoms with E-state index in [9.17, 15) is 24.3 Å². The molecular formula is C23H22N2O8S. The largest absolute Gasteiger partial charge is 0.485 e. The molecule has 1 aromatic carbocycles. The molecule has 2 amide bonds. The van der Waals surface area contributed by atoms with Gasteiger partial charge in [-0.2, -0.15) is 0 Å². The molecule has 2 aliphatic rings. The highest BCUT2D eigenvalue weighted by atomic mass is 32.2. The average molecular weight is 487 g/mol. The fourth-order valence-corrected chi connectivity index (χ4v) is 4.97. The van der Waals surface area contributed by atoms with Gasteiger partial charge in [0.25, 0.3) is 11.8 Å². The Morgan fingerprint density at radius 2 is 1.97 bits per heavy atom. The quantitative estimate of drug-likeness (QED) is 0.425. The maximum atomic E-state index is 12.7. The summed E-state index contributed by atoms with van der Waals surface area (Å²) < 4.78 is 16.2. The summed E-state index contributed by atoms with van der Waals surface area (Å²) in [4.78, 5) is 49.3. The third-order valence-corrected chi connectivity index (χ3v) is 6.67. The number of furan rings is 1. The molecule has 0 unspecified atom stereocenters. The van der Waals surface area contributed by atoms with Crippen LogP contribution in [0.3, 0.4) is 0 Å². The van der Waals surface area contributed by atoms with Crippen LogP contribution in [-0.2, 0) is 25.7 Å². The normalized spacial score (nSPS) is 19.2. The summed E-state index contributed by atoms with van der Waals surface area (Å²) in [6, 6.07) is 9.71. The lowest BCUT2D eigenvalue weighted by molar-refractivity contribution is -0.149. The topological polar surface area (TPSA) is 135 Å². The molecule has 2 atom stereocenters. The molecule has 2 aliphatic heterocycles. The van der Waals surface area contributed by atoms with Gasteiger partial charge in [0.2, 0.25) is 0 Å². The predicted octanol–water partition coefficient (Wildman–Crippen LogP) is 2.08. The maximum absolute atomic E-state index is 12.7. The van der Waals surface area contributed by atoms with Gasteiger partial charge >= 0.3 is 11.9 Å². The lowest BCUT2D eigenvalue weighted by Crippen LogP contribution is -2.70. The van der Waals surface area contributed by atoms with Gasteiger partial charge in [-0.05, 0) is 30.7 Å². The van der Waals surface area contributed by atoms with Crippen molar-refractivity contribution in [2.45, 2.75) is 31.9 Å². The molecule has 2 aromatic rings. The van der Waals surface area contributed by atoms with Gasteiger partial charge < -0.3 is 24.3 Å². The molecular weight excluding hydrogens is 464 g/mol. The Morgan fingerprint density at radius 1 is 1.21 bits per heavy atom. The highest BCUT2D eigenvalue weighted by Gasteiger charge is 2.54. The zero-order chi connectivity index (χ0) is 24.4. The van der Waals surface area contributed by atoms with E-state index < -0.39 is 35.2 Å². The van der Waals surface area contributed by atoms with Gasteiger partial charge in [0.15, 0.2) is 5.76 Å². The van der Waals surface area contributed by atoms with Gasteiger partial charge in [-0.15, -0.1) is 11.8 Å². The average Bonchev–Trinajstić information content (AvgIpc) is 3.28. The first kappa shape index (κ1) is 23.4. The van der Waals surface area contributed by atoms with E-state index in [1.54, 1.807) is 6.07 Å². The van der Waals surface area contributed by atoms with Gasteiger partial charge in [0, 0.05) is 18.2 Å². The SMILES string of the molecule is CC(=O)OCC1=C(C(=O)O)N2C(=O)[C@H](NC(=O)c3ccc(COc4ccccc4C)o3)[C@H]2SC1. The van der Waals surface area contributed by atoms with Crippen molar-refractivity contribution < 1.29 is 38.2 Å². The standard InChI is InChI=1S/C23H22N2O8S/c1-12-5-3-4-6-16(12)32-10-15-7-8-17(33-15)20(27)24-18-21(28)25-19(23(29)30)14(9-31-13(2)26)11-34-22(18)25/h3-8,18,22H,9-11H2,1-2H3,(H,24,27)(H,29,30)/t18-,22+/m0/s1. The van der Waals surface area contributed by atoms with Crippen LogP contribution < -0.4 is 10.1 Å². The molecule has 1 fully saturated rings. The Morgan fingerprint density at radius 3 is 2.68 bits per heavy atom. The van der Waals surface area contributed by atoms with Crippen LogP contribution in [0.25, 0.3) is 0 Å². The molecule has 0 saturated carbocycles. The van der Waals surface area contributed by atoms with Gasteiger partial charge in [-0.1, -0.05) is 18.2 Å². The van der Waals surface area contributed by atoms with Crippen molar-refractivity contribution in [1.82, 2.24) is 10.2 Å². The van der Waals surface area contributed by atoms with Crippen LogP contribution in [0.15, 0.2) is 52.1 Å². The molecule has 0 aliphatic carbocycles. The Hall–Kier alpha value is -3.73. The Bertz CT molecular complexity index is 1190. The number of amides is 2. The number of fused-ring (bicyclic) bond motifs is 1. The molecule has 11 heteroatoms. The molecule has 2 N–H and O–H groups in total. The van der Waals surface area contributed by atoms with Gasteiger partial charge in [0.1, 0.15) is 41.8 Å². The molecule has 4 rings (SSSR count). The molecule has 0 bridgehead atoms. The number of β-lactam (4-membered cyclic amide) rings is 1. The minimum atomic E-state index is -1.30. The summed E-state index contributed by atoms with van der Waals surface area (Å²) in [6.07, 6.45) is 0. The Kier molecular flexibility index (Phi) is 6.64. The van der Waals surface area contributed by atoms with Gasteiger partial charge in [0.05, 0.1) is 0 Å². The number of carbonyl (C=O) groups excluding carboxylic acids is 3. The van der Waals surface area contributed by atoms with Gasteiger partial charge in [-0.3, -0.25) is 19.3 Å². The maximum Gasteiger partial charge on any atom is 0.352 e. The molecule has 0 radical (unpaired) electrons. The van der Waals surface area contributed by atoms with Crippen LogP contribution >= 0.6 is 11.8 Å². The predicted molar refractivity (Wildman–Crippen MR) is 120 cm³/mol. The molecule has 10 nitrogen and oxygen atoms in total. The van der Waals surface area contributed by atoms with E-state index in [4.69, 9.17) is 13.9 Å². The van der Waals surface area contributed by atoms with E-state index in [2.05, 4.69) is 5.32 Å². The van der Waals surface area contributed by atoms with E-state index in [1.807, 2.05) is 31.2 Å². The number of carbonyl (C=O) groups is 4. The third-order valence-electron chi connectivity index (χ3n) is 5.34. The number of carboxylic acid groups (broad SMARTS) is 1. The number of aryl methyl sites for hydroxylation is 1. The molecule has 178 valence electrons. The van der Waals surface area contributed by atoms with Crippen LogP contribution in [0.2, 0.25) is 0 Å². The van der Waals surface area contributed by atoms with Crippen LogP contribution in [-0.4, -0.2) is 57.5 Å². The van der Waals surface area contributed by atoms with Crippen molar-refractivity contribution in [3.8, 4) is 5.75 Å². The van der Waals surface area contributed by atoms with Crippen LogP contribution in [0.4, 0.5) is 0 Å². The van der Waals surface area contributed by atoms with E-state index in [0.29, 0.717) is 17.1 Å². The lowest BCUT2D eigenvalue weighted by Gasteiger charge is -2.49. The Labute approximate surface area is 198 Å². The van der Waals surface area contributed by atoms with Crippen molar-refractivity contribution in [2.75, 3.05) is 12.4 Å². The number of hydrogen-bond acceptors (Lipinski definition) is 8. The fraction of sp³-hybridized carbons (Fsp3) is 0.304. The number of thioether (sulfide) groups is 1. The first-order chi connectivity index (χ1) is 16.3. The number of benzene rings is 1. The summed E-state index contributed by atoms with van der Waals surface area (Å²) in [5.41, 5.74) is 1.08. The number of nitrogens with one attached hydrogen (secondary N) is 1. The fourth-order valence-electron chi connectivity index (χ4n) is 3.64. The smallest absolute Gasteiger partial charge is 0.352 e. The summed E-state index contributed by atoms with van der Waals surface area (Å²) in [7, 11) is 0. The second-order valence-electron chi connectivity index (χ2n) is 7.72. The summed E-state index contributed by atoms with van der Waals surface area (Å²) in [5.74, 6) is -1.59. The van der Waals surface area contributed by atoms with Crippen molar-refractivity contribution >= 4 is 35.5 Å². The third kappa shape index (κ3) is 4.65. The number of nitrogens with zero attached hydrogens (tertiary/aromatic N) is 1. The molecule has 1 aromatic heterocycles. The molecule has 0 spiro atoms. The highest BCUT2D eigenvalue weighted by molar-refractivity contribution is 8.00. The number of hydrogen-bond donors (Lipinski definition) is 2. The summed E-state index contributed by atoms with van der Waals surface area (Å²) in [6.45, 7) is 3.06. The number of aliphatic carboxylic acids is 1. The van der Waals surface area contributed by atoms with E-state index in [0.717, 1.165) is 10.5 Å². The van der Waals surface area contributed by atoms with Crippen LogP contribution in [0.5, 0.6) is 5.75 Å². The molecule has 34 heavy (non-hydrogen) atoms. The lowest BCUT2D eigenvalue weighted by atomic mass is 10.0. The van der Waals surface area contributed by atoms with Crippen molar-refractivity contribution in [2.24, 2.45) is 0 Å². The van der Waals surface area contributed by atoms with Crippen molar-refractivity contribution in [1.29, 1.82) is 0 Å². The second kappa shape index (κ2) is 9.64. The number of ether oxygens (including phenoxy) is 2. The van der Waals surface area contributed by atoms with E-state index in [1.165, 1.54) is 24.8 Å². The Balaban J connectivity index is 1.39. The van der Waals surface area contributed by atoms with Crippen LogP contribution in [0, 0.1) is 6.92 Å². The van der Waals surface area contributed by atoms with E-state index >= 15 is 0 Å². The van der Waals surface area contributed by atoms with Crippen molar-refractivity contribution in [3.05, 3.63) is 64.8 Å². The van der Waals surface area contributed by atoms with Crippen molar-refractivity contribution in [3.63, 3.8) is 0 Å².